The van der Waals surface area contributed by atoms with E-state index in [4.69, 9.17) is 4.98 Å². The highest BCUT2D eigenvalue weighted by molar-refractivity contribution is 5.78. The average Bonchev–Trinajstić information content (AvgIpc) is 2.84. The Bertz CT molecular complexity index is 1020. The van der Waals surface area contributed by atoms with E-state index in [9.17, 15) is 4.79 Å². The molecule has 0 aliphatic heterocycles. The van der Waals surface area contributed by atoms with Gasteiger partial charge in [0, 0.05) is 56.4 Å². The highest BCUT2D eigenvalue weighted by Crippen LogP contribution is 2.38. The lowest BCUT2D eigenvalue weighted by molar-refractivity contribution is -0.120. The lowest BCUT2D eigenvalue weighted by atomic mass is 9.79. The van der Waals surface area contributed by atoms with E-state index in [0.29, 0.717) is 18.3 Å². The van der Waals surface area contributed by atoms with Crippen LogP contribution < -0.4 is 10.2 Å². The number of amides is 1. The molecule has 0 atom stereocenters. The van der Waals surface area contributed by atoms with Crippen LogP contribution in [-0.4, -0.2) is 46.5 Å². The molecule has 1 N–H and O–H groups in total. The molecule has 4 rings (SSSR count). The third-order valence-corrected chi connectivity index (χ3v) is 6.04. The molecule has 166 valence electrons. The standard InChI is InChI=1S/C25H30N6O/c1-31(2)25-29-17-21(22-8-4-6-14-27-22)24(30-25)19-11-9-18(10-12-19)16-28-23(32)15-20-7-3-5-13-26-20/h3-8,13-14,17-19H,9-12,15-16H2,1-2H3,(H,28,32). The Labute approximate surface area is 189 Å². The third kappa shape index (κ3) is 5.46. The molecule has 0 saturated heterocycles. The number of hydrogen-bond donors (Lipinski definition) is 1. The number of nitrogens with zero attached hydrogens (tertiary/aromatic N) is 5. The summed E-state index contributed by atoms with van der Waals surface area (Å²) >= 11 is 0. The van der Waals surface area contributed by atoms with Crippen molar-refractivity contribution in [3.05, 3.63) is 66.4 Å². The Morgan fingerprint density at radius 3 is 2.41 bits per heavy atom. The van der Waals surface area contributed by atoms with E-state index >= 15 is 0 Å². The van der Waals surface area contributed by atoms with E-state index < -0.39 is 0 Å². The first-order chi connectivity index (χ1) is 15.6. The molecule has 0 spiro atoms. The van der Waals surface area contributed by atoms with E-state index in [2.05, 4.69) is 20.3 Å². The van der Waals surface area contributed by atoms with Gasteiger partial charge < -0.3 is 10.2 Å². The summed E-state index contributed by atoms with van der Waals surface area (Å²) in [6.07, 6.45) is 9.99. The predicted octanol–water partition coefficient (Wildman–Crippen LogP) is 3.63. The summed E-state index contributed by atoms with van der Waals surface area (Å²) in [6, 6.07) is 11.6. The fourth-order valence-electron chi connectivity index (χ4n) is 4.26. The summed E-state index contributed by atoms with van der Waals surface area (Å²) < 4.78 is 0. The lowest BCUT2D eigenvalue weighted by Gasteiger charge is -2.29. The van der Waals surface area contributed by atoms with Gasteiger partial charge >= 0.3 is 0 Å². The third-order valence-electron chi connectivity index (χ3n) is 6.04. The maximum atomic E-state index is 12.3. The van der Waals surface area contributed by atoms with E-state index in [-0.39, 0.29) is 5.91 Å². The van der Waals surface area contributed by atoms with Crippen LogP contribution in [0.5, 0.6) is 0 Å². The number of anilines is 1. The quantitative estimate of drug-likeness (QED) is 0.616. The predicted molar refractivity (Wildman–Crippen MR) is 125 cm³/mol. The number of carbonyl (C=O) groups excluding carboxylic acids is 1. The number of aromatic nitrogens is 4. The van der Waals surface area contributed by atoms with Crippen LogP contribution in [0.25, 0.3) is 11.3 Å². The van der Waals surface area contributed by atoms with Gasteiger partial charge in [-0.05, 0) is 55.9 Å². The van der Waals surface area contributed by atoms with Crippen molar-refractivity contribution in [3.63, 3.8) is 0 Å². The molecule has 1 aliphatic carbocycles. The Kier molecular flexibility index (Phi) is 7.04. The van der Waals surface area contributed by atoms with Gasteiger partial charge in [0.15, 0.2) is 0 Å². The molecule has 0 unspecified atom stereocenters. The minimum absolute atomic E-state index is 0.0367. The topological polar surface area (TPSA) is 83.9 Å². The lowest BCUT2D eigenvalue weighted by Crippen LogP contribution is -2.32. The van der Waals surface area contributed by atoms with Crippen molar-refractivity contribution < 1.29 is 4.79 Å². The maximum Gasteiger partial charge on any atom is 0.226 e. The highest BCUT2D eigenvalue weighted by Gasteiger charge is 2.27. The van der Waals surface area contributed by atoms with Crippen LogP contribution in [0.3, 0.4) is 0 Å². The summed E-state index contributed by atoms with van der Waals surface area (Å²) in [5.74, 6) is 1.62. The zero-order valence-corrected chi connectivity index (χ0v) is 18.7. The molecule has 3 aromatic rings. The second kappa shape index (κ2) is 10.3. The summed E-state index contributed by atoms with van der Waals surface area (Å²) in [5.41, 5.74) is 3.82. The first kappa shape index (κ1) is 21.9. The van der Waals surface area contributed by atoms with Gasteiger partial charge in [0.1, 0.15) is 0 Å². The molecule has 0 bridgehead atoms. The van der Waals surface area contributed by atoms with Crippen LogP contribution >= 0.6 is 0 Å². The van der Waals surface area contributed by atoms with Crippen LogP contribution in [0, 0.1) is 5.92 Å². The van der Waals surface area contributed by atoms with Crippen molar-refractivity contribution in [1.29, 1.82) is 0 Å². The van der Waals surface area contributed by atoms with Crippen molar-refractivity contribution in [2.24, 2.45) is 5.92 Å². The highest BCUT2D eigenvalue weighted by atomic mass is 16.1. The molecule has 1 amide bonds. The summed E-state index contributed by atoms with van der Waals surface area (Å²) in [5, 5.41) is 3.10. The largest absolute Gasteiger partial charge is 0.355 e. The van der Waals surface area contributed by atoms with Crippen LogP contribution in [0.15, 0.2) is 55.0 Å². The fraction of sp³-hybridized carbons (Fsp3) is 0.400. The molecule has 1 aliphatic rings. The first-order valence-corrected chi connectivity index (χ1v) is 11.2. The van der Waals surface area contributed by atoms with Gasteiger partial charge in [0.2, 0.25) is 11.9 Å². The average molecular weight is 431 g/mol. The number of carbonyl (C=O) groups is 1. The fourth-order valence-corrected chi connectivity index (χ4v) is 4.26. The Morgan fingerprint density at radius 2 is 1.75 bits per heavy atom. The number of pyridine rings is 2. The second-order valence-corrected chi connectivity index (χ2v) is 8.60. The van der Waals surface area contributed by atoms with Gasteiger partial charge in [-0.3, -0.25) is 14.8 Å². The number of rotatable bonds is 7. The minimum atomic E-state index is 0.0367. The molecule has 0 radical (unpaired) electrons. The molecule has 1 saturated carbocycles. The first-order valence-electron chi connectivity index (χ1n) is 11.2. The van der Waals surface area contributed by atoms with Crippen LogP contribution in [0.2, 0.25) is 0 Å². The number of hydrogen-bond acceptors (Lipinski definition) is 6. The maximum absolute atomic E-state index is 12.3. The molecular formula is C25H30N6O. The summed E-state index contributed by atoms with van der Waals surface area (Å²) in [4.78, 5) is 32.4. The molecular weight excluding hydrogens is 400 g/mol. The van der Waals surface area contributed by atoms with Crippen LogP contribution in [0.4, 0.5) is 5.95 Å². The van der Waals surface area contributed by atoms with E-state index in [0.717, 1.165) is 60.8 Å². The van der Waals surface area contributed by atoms with Crippen LogP contribution in [-0.2, 0) is 11.2 Å². The van der Waals surface area contributed by atoms with Gasteiger partial charge in [-0.15, -0.1) is 0 Å². The van der Waals surface area contributed by atoms with E-state index in [1.807, 2.05) is 67.8 Å². The molecule has 7 heteroatoms. The van der Waals surface area contributed by atoms with Crippen molar-refractivity contribution in [2.45, 2.75) is 38.0 Å². The summed E-state index contributed by atoms with van der Waals surface area (Å²) in [7, 11) is 3.92. The van der Waals surface area contributed by atoms with E-state index in [1.54, 1.807) is 6.20 Å². The van der Waals surface area contributed by atoms with Gasteiger partial charge in [-0.1, -0.05) is 12.1 Å². The zero-order chi connectivity index (χ0) is 22.3. The monoisotopic (exact) mass is 430 g/mol. The minimum Gasteiger partial charge on any atom is -0.355 e. The van der Waals surface area contributed by atoms with Crippen molar-refractivity contribution in [3.8, 4) is 11.3 Å². The Balaban J connectivity index is 1.38. The van der Waals surface area contributed by atoms with Gasteiger partial charge in [-0.2, -0.15) is 0 Å². The molecule has 0 aromatic carbocycles. The summed E-state index contributed by atoms with van der Waals surface area (Å²) in [6.45, 7) is 0.720. The molecule has 3 aromatic heterocycles. The zero-order valence-electron chi connectivity index (χ0n) is 18.7. The van der Waals surface area contributed by atoms with Crippen molar-refractivity contribution in [1.82, 2.24) is 25.3 Å². The van der Waals surface area contributed by atoms with Crippen molar-refractivity contribution >= 4 is 11.9 Å². The molecule has 3 heterocycles. The Hall–Kier alpha value is -3.35. The van der Waals surface area contributed by atoms with Gasteiger partial charge in [-0.25, -0.2) is 9.97 Å². The number of nitrogens with one attached hydrogen (secondary N) is 1. The smallest absolute Gasteiger partial charge is 0.226 e. The molecule has 1 fully saturated rings. The van der Waals surface area contributed by atoms with E-state index in [1.165, 1.54) is 0 Å². The Morgan fingerprint density at radius 1 is 1.00 bits per heavy atom. The van der Waals surface area contributed by atoms with Crippen LogP contribution in [0.1, 0.15) is 43.0 Å². The molecule has 32 heavy (non-hydrogen) atoms. The SMILES string of the molecule is CN(C)c1ncc(-c2ccccn2)c(C2CCC(CNC(=O)Cc3ccccn3)CC2)n1. The van der Waals surface area contributed by atoms with Crippen molar-refractivity contribution in [2.75, 3.05) is 25.5 Å². The van der Waals surface area contributed by atoms with Gasteiger partial charge in [0.25, 0.3) is 0 Å². The molecule has 7 nitrogen and oxygen atoms in total. The second-order valence-electron chi connectivity index (χ2n) is 8.60. The van der Waals surface area contributed by atoms with Gasteiger partial charge in [0.05, 0.1) is 17.8 Å². The normalized spacial score (nSPS) is 18.2.